The summed E-state index contributed by atoms with van der Waals surface area (Å²) in [5.41, 5.74) is 12.8. The lowest BCUT2D eigenvalue weighted by molar-refractivity contribution is 1.08. The number of nitrogens with zero attached hydrogens (tertiary/aromatic N) is 4. The number of hydrogen-bond acceptors (Lipinski definition) is 3. The summed E-state index contributed by atoms with van der Waals surface area (Å²) in [5.74, 6) is 0.869. The molecular weight excluding hydrogens is 621 g/mol. The van der Waals surface area contributed by atoms with Gasteiger partial charge in [-0.25, -0.2) is 4.98 Å². The molecular formula is C47H34N4. The first kappa shape index (κ1) is 30.3. The van der Waals surface area contributed by atoms with Gasteiger partial charge in [-0.05, 0) is 83.4 Å². The number of pyridine rings is 2. The molecule has 0 amide bonds. The molecule has 9 rings (SSSR count). The zero-order valence-corrected chi connectivity index (χ0v) is 28.0. The Morgan fingerprint density at radius 1 is 0.549 bits per heavy atom. The summed E-state index contributed by atoms with van der Waals surface area (Å²) in [6.07, 6.45) is 10.4. The predicted octanol–water partition coefficient (Wildman–Crippen LogP) is 11.9. The largest absolute Gasteiger partial charge is 0.337 e. The van der Waals surface area contributed by atoms with E-state index >= 15 is 0 Å². The Bertz CT molecular complexity index is 2610. The van der Waals surface area contributed by atoms with Crippen LogP contribution in [0.4, 0.5) is 11.4 Å². The third-order valence-corrected chi connectivity index (χ3v) is 9.63. The van der Waals surface area contributed by atoms with Crippen molar-refractivity contribution in [3.8, 4) is 39.5 Å². The van der Waals surface area contributed by atoms with Crippen LogP contribution in [0.5, 0.6) is 0 Å². The van der Waals surface area contributed by atoms with Crippen molar-refractivity contribution >= 4 is 38.8 Å². The predicted molar refractivity (Wildman–Crippen MR) is 213 cm³/mol. The molecule has 8 aromatic rings. The first-order valence-electron chi connectivity index (χ1n) is 17.2. The number of rotatable bonds is 5. The van der Waals surface area contributed by atoms with Gasteiger partial charge >= 0.3 is 0 Å². The number of benzene rings is 5. The van der Waals surface area contributed by atoms with Crippen molar-refractivity contribution in [1.82, 2.24) is 14.5 Å². The highest BCUT2D eigenvalue weighted by molar-refractivity contribution is 6.10. The van der Waals surface area contributed by atoms with Gasteiger partial charge in [0, 0.05) is 51.6 Å². The molecule has 0 saturated heterocycles. The number of hydrogen-bond donors (Lipinski definition) is 0. The van der Waals surface area contributed by atoms with Crippen LogP contribution >= 0.6 is 0 Å². The maximum absolute atomic E-state index is 5.18. The van der Waals surface area contributed by atoms with E-state index in [2.05, 4.69) is 174 Å². The molecule has 4 nitrogen and oxygen atoms in total. The lowest BCUT2D eigenvalue weighted by Crippen LogP contribution is -2.18. The monoisotopic (exact) mass is 654 g/mol. The molecule has 0 radical (unpaired) electrons. The molecule has 1 aliphatic heterocycles. The first-order chi connectivity index (χ1) is 25.2. The van der Waals surface area contributed by atoms with Gasteiger partial charge in [-0.2, -0.15) is 0 Å². The van der Waals surface area contributed by atoms with E-state index < -0.39 is 0 Å². The van der Waals surface area contributed by atoms with E-state index in [0.717, 1.165) is 79.5 Å². The van der Waals surface area contributed by atoms with E-state index in [9.17, 15) is 0 Å². The molecule has 0 N–H and O–H groups in total. The number of para-hydroxylation sites is 2. The summed E-state index contributed by atoms with van der Waals surface area (Å²) in [4.78, 5) is 12.3. The van der Waals surface area contributed by atoms with Crippen LogP contribution in [0.2, 0.25) is 0 Å². The van der Waals surface area contributed by atoms with E-state index in [4.69, 9.17) is 9.97 Å². The van der Waals surface area contributed by atoms with Gasteiger partial charge in [-0.15, -0.1) is 0 Å². The summed E-state index contributed by atoms with van der Waals surface area (Å²) in [5, 5.41) is 2.37. The maximum Gasteiger partial charge on any atom is 0.138 e. The number of fused-ring (bicyclic) bond motifs is 4. The molecule has 4 heterocycles. The van der Waals surface area contributed by atoms with Gasteiger partial charge in [-0.1, -0.05) is 116 Å². The van der Waals surface area contributed by atoms with Crippen LogP contribution < -0.4 is 4.90 Å². The van der Waals surface area contributed by atoms with Gasteiger partial charge in [0.05, 0.1) is 22.4 Å². The third-order valence-electron chi connectivity index (χ3n) is 9.63. The van der Waals surface area contributed by atoms with E-state index in [1.807, 2.05) is 24.4 Å². The van der Waals surface area contributed by atoms with Crippen molar-refractivity contribution in [3.05, 3.63) is 194 Å². The lowest BCUT2D eigenvalue weighted by atomic mass is 9.96. The smallest absolute Gasteiger partial charge is 0.138 e. The van der Waals surface area contributed by atoms with Crippen molar-refractivity contribution in [1.29, 1.82) is 0 Å². The second-order valence-corrected chi connectivity index (χ2v) is 12.8. The van der Waals surface area contributed by atoms with Crippen LogP contribution in [-0.4, -0.2) is 21.1 Å². The van der Waals surface area contributed by atoms with Crippen molar-refractivity contribution in [2.75, 3.05) is 11.4 Å². The topological polar surface area (TPSA) is 34.0 Å². The zero-order chi connectivity index (χ0) is 34.1. The van der Waals surface area contributed by atoms with E-state index in [0.29, 0.717) is 0 Å². The standard InChI is InChI=1S/C47H34N4/c1-33-14-5-4-12-29-50(38-17-8-3-9-18-38)44-27-24-35(30-40(33)44)36-25-28-46-41(31-36)39-19-10-11-21-45(39)51(46)47-22-13-20-43(49-47)37-23-26-42(48-32-37)34-15-6-2-7-16-34/h2-28,30-32H,1,29H2/b12-4-,14-5-. The van der Waals surface area contributed by atoms with Crippen molar-refractivity contribution in [2.45, 2.75) is 0 Å². The summed E-state index contributed by atoms with van der Waals surface area (Å²) >= 11 is 0. The molecule has 4 heteroatoms. The average Bonchev–Trinajstić information content (AvgIpc) is 3.56. The summed E-state index contributed by atoms with van der Waals surface area (Å²) < 4.78 is 2.27. The molecule has 5 aromatic carbocycles. The van der Waals surface area contributed by atoms with Crippen molar-refractivity contribution in [3.63, 3.8) is 0 Å². The highest BCUT2D eigenvalue weighted by atomic mass is 15.1. The normalized spacial score (nSPS) is 14.1. The van der Waals surface area contributed by atoms with Gasteiger partial charge in [0.25, 0.3) is 0 Å². The van der Waals surface area contributed by atoms with Crippen molar-refractivity contribution in [2.24, 2.45) is 0 Å². The van der Waals surface area contributed by atoms with E-state index in [1.54, 1.807) is 0 Å². The fourth-order valence-electron chi connectivity index (χ4n) is 7.10. The Labute approximate surface area is 297 Å². The second kappa shape index (κ2) is 12.9. The lowest BCUT2D eigenvalue weighted by Gasteiger charge is -2.27. The third kappa shape index (κ3) is 5.63. The molecule has 0 fully saturated rings. The van der Waals surface area contributed by atoms with Crippen LogP contribution in [0.1, 0.15) is 5.56 Å². The Morgan fingerprint density at radius 3 is 2.14 bits per heavy atom. The average molecular weight is 655 g/mol. The molecule has 0 unspecified atom stereocenters. The van der Waals surface area contributed by atoms with Crippen molar-refractivity contribution < 1.29 is 0 Å². The van der Waals surface area contributed by atoms with Crippen LogP contribution in [-0.2, 0) is 0 Å². The highest BCUT2D eigenvalue weighted by Crippen LogP contribution is 2.39. The second-order valence-electron chi connectivity index (χ2n) is 12.8. The minimum Gasteiger partial charge on any atom is -0.337 e. The summed E-state index contributed by atoms with van der Waals surface area (Å²) in [6.45, 7) is 5.24. The quantitative estimate of drug-likeness (QED) is 0.185. The zero-order valence-electron chi connectivity index (χ0n) is 28.0. The van der Waals surface area contributed by atoms with E-state index in [-0.39, 0.29) is 0 Å². The molecule has 0 aliphatic carbocycles. The van der Waals surface area contributed by atoms with Crippen LogP contribution in [0.25, 0.3) is 66.8 Å². The van der Waals surface area contributed by atoms with E-state index in [1.165, 1.54) is 10.8 Å². The first-order valence-corrected chi connectivity index (χ1v) is 17.2. The summed E-state index contributed by atoms with van der Waals surface area (Å²) in [6, 6.07) is 53.3. The van der Waals surface area contributed by atoms with Crippen LogP contribution in [0.15, 0.2) is 189 Å². The molecule has 1 aliphatic rings. The minimum absolute atomic E-state index is 0.768. The van der Waals surface area contributed by atoms with Gasteiger partial charge in [0.1, 0.15) is 5.82 Å². The molecule has 0 bridgehead atoms. The Morgan fingerprint density at radius 2 is 1.29 bits per heavy atom. The molecule has 51 heavy (non-hydrogen) atoms. The Balaban J connectivity index is 1.12. The van der Waals surface area contributed by atoms with Crippen LogP contribution in [0.3, 0.4) is 0 Å². The number of anilines is 2. The fraction of sp³-hybridized carbons (Fsp3) is 0.0213. The molecule has 0 spiro atoms. The fourth-order valence-corrected chi connectivity index (χ4v) is 7.10. The SMILES string of the molecule is C=C1/C=C\C=C/CN(c2ccccc2)c2ccc(-c3ccc4c(c3)c3ccccc3n4-c3cccc(-c4ccc(-c5ccccc5)nc4)n3)cc21. The van der Waals surface area contributed by atoms with Gasteiger partial charge in [-0.3, -0.25) is 9.55 Å². The molecule has 3 aromatic heterocycles. The number of allylic oxidation sites excluding steroid dienone is 4. The Kier molecular flexibility index (Phi) is 7.67. The molecule has 242 valence electrons. The summed E-state index contributed by atoms with van der Waals surface area (Å²) in [7, 11) is 0. The van der Waals surface area contributed by atoms with Gasteiger partial charge in [0.15, 0.2) is 0 Å². The van der Waals surface area contributed by atoms with Gasteiger partial charge < -0.3 is 4.90 Å². The Hall–Kier alpha value is -6.78. The maximum atomic E-state index is 5.18. The number of aromatic nitrogens is 3. The molecule has 0 saturated carbocycles. The molecule has 0 atom stereocenters. The highest BCUT2D eigenvalue weighted by Gasteiger charge is 2.18. The van der Waals surface area contributed by atoms with Crippen LogP contribution in [0, 0.1) is 0 Å². The van der Waals surface area contributed by atoms with Gasteiger partial charge in [0.2, 0.25) is 0 Å². The minimum atomic E-state index is 0.768.